The highest BCUT2D eigenvalue weighted by molar-refractivity contribution is 6.06. The Morgan fingerprint density at radius 1 is 1.16 bits per heavy atom. The maximum atomic E-state index is 5.95. The lowest BCUT2D eigenvalue weighted by atomic mass is 9.96. The average molecular weight is 336 g/mol. The monoisotopic (exact) mass is 336 g/mol. The summed E-state index contributed by atoms with van der Waals surface area (Å²) in [6, 6.07) is 16.8. The number of epoxide rings is 1. The summed E-state index contributed by atoms with van der Waals surface area (Å²) >= 11 is 0. The molecule has 0 saturated carbocycles. The number of methoxy groups -OCH3 is 1. The minimum atomic E-state index is 0.112. The summed E-state index contributed by atoms with van der Waals surface area (Å²) in [6.45, 7) is 5.96. The molecule has 0 aromatic heterocycles. The third-order valence-corrected chi connectivity index (χ3v) is 4.85. The molecule has 2 aliphatic heterocycles. The molecule has 130 valence electrons. The standard InChI is InChI=1S/C21H24N2O2/c1-14(2)20-17-6-4-5-7-18(17)23(21-19(25-21)12-22-20)13-15-8-10-16(24-3)11-9-15/h4-11,14,19,21H,12-13H2,1-3H3. The molecule has 0 radical (unpaired) electrons. The Bertz CT molecular complexity index is 783. The van der Waals surface area contributed by atoms with Crippen molar-refractivity contribution >= 4 is 11.4 Å². The topological polar surface area (TPSA) is 37.4 Å². The van der Waals surface area contributed by atoms with Gasteiger partial charge in [-0.2, -0.15) is 0 Å². The molecule has 25 heavy (non-hydrogen) atoms. The summed E-state index contributed by atoms with van der Waals surface area (Å²) in [5.41, 5.74) is 4.84. The summed E-state index contributed by atoms with van der Waals surface area (Å²) < 4.78 is 11.2. The molecule has 0 bridgehead atoms. The molecule has 4 nitrogen and oxygen atoms in total. The number of benzene rings is 2. The van der Waals surface area contributed by atoms with E-state index < -0.39 is 0 Å². The molecule has 1 saturated heterocycles. The second kappa shape index (κ2) is 6.52. The smallest absolute Gasteiger partial charge is 0.159 e. The van der Waals surface area contributed by atoms with Crippen LogP contribution in [-0.2, 0) is 11.3 Å². The van der Waals surface area contributed by atoms with E-state index in [4.69, 9.17) is 14.5 Å². The van der Waals surface area contributed by atoms with Gasteiger partial charge in [-0.3, -0.25) is 4.99 Å². The van der Waals surface area contributed by atoms with Crippen LogP contribution in [0.5, 0.6) is 5.75 Å². The minimum absolute atomic E-state index is 0.112. The maximum Gasteiger partial charge on any atom is 0.159 e. The summed E-state index contributed by atoms with van der Waals surface area (Å²) in [6.07, 6.45) is 0.307. The van der Waals surface area contributed by atoms with E-state index in [-0.39, 0.29) is 12.3 Å². The van der Waals surface area contributed by atoms with Gasteiger partial charge in [0, 0.05) is 23.5 Å². The SMILES string of the molecule is COc1ccc(CN2c3ccccc3C(C(C)C)=NCC3OC32)cc1. The maximum absolute atomic E-state index is 5.95. The predicted molar refractivity (Wildman–Crippen MR) is 101 cm³/mol. The van der Waals surface area contributed by atoms with Crippen molar-refractivity contribution in [1.82, 2.24) is 0 Å². The number of aliphatic imine (C=N–C) groups is 1. The zero-order valence-electron chi connectivity index (χ0n) is 15.0. The number of para-hydroxylation sites is 1. The van der Waals surface area contributed by atoms with E-state index in [1.54, 1.807) is 7.11 Å². The summed E-state index contributed by atoms with van der Waals surface area (Å²) in [5.74, 6) is 1.27. The summed E-state index contributed by atoms with van der Waals surface area (Å²) in [5, 5.41) is 0. The number of hydrogen-bond donors (Lipinski definition) is 0. The fraction of sp³-hybridized carbons (Fsp3) is 0.381. The molecule has 0 N–H and O–H groups in total. The van der Waals surface area contributed by atoms with Crippen LogP contribution in [0.15, 0.2) is 53.5 Å². The predicted octanol–water partition coefficient (Wildman–Crippen LogP) is 3.89. The molecule has 2 atom stereocenters. The van der Waals surface area contributed by atoms with Gasteiger partial charge in [0.2, 0.25) is 0 Å². The van der Waals surface area contributed by atoms with Crippen molar-refractivity contribution in [3.05, 3.63) is 59.7 Å². The highest BCUT2D eigenvalue weighted by atomic mass is 16.6. The van der Waals surface area contributed by atoms with E-state index in [9.17, 15) is 0 Å². The third-order valence-electron chi connectivity index (χ3n) is 4.85. The van der Waals surface area contributed by atoms with E-state index >= 15 is 0 Å². The van der Waals surface area contributed by atoms with Crippen LogP contribution in [0, 0.1) is 5.92 Å². The van der Waals surface area contributed by atoms with Crippen LogP contribution in [0.1, 0.15) is 25.0 Å². The van der Waals surface area contributed by atoms with Crippen LogP contribution in [0.2, 0.25) is 0 Å². The highest BCUT2D eigenvalue weighted by Crippen LogP contribution is 2.37. The molecular weight excluding hydrogens is 312 g/mol. The number of anilines is 1. The molecule has 2 aliphatic rings. The van der Waals surface area contributed by atoms with E-state index in [0.29, 0.717) is 5.92 Å². The Hall–Kier alpha value is -2.33. The van der Waals surface area contributed by atoms with Gasteiger partial charge in [-0.15, -0.1) is 0 Å². The fourth-order valence-electron chi connectivity index (χ4n) is 3.49. The first-order valence-electron chi connectivity index (χ1n) is 8.86. The Kier molecular flexibility index (Phi) is 4.22. The lowest BCUT2D eigenvalue weighted by Gasteiger charge is -2.28. The summed E-state index contributed by atoms with van der Waals surface area (Å²) in [4.78, 5) is 7.23. The number of hydrogen-bond acceptors (Lipinski definition) is 4. The van der Waals surface area contributed by atoms with Crippen molar-refractivity contribution in [2.75, 3.05) is 18.6 Å². The van der Waals surface area contributed by atoms with Gasteiger partial charge in [0.15, 0.2) is 6.23 Å². The lowest BCUT2D eigenvalue weighted by Crippen LogP contribution is -2.32. The lowest BCUT2D eigenvalue weighted by molar-refractivity contribution is 0.366. The molecule has 2 unspecified atom stereocenters. The molecule has 2 aromatic rings. The molecule has 4 heteroatoms. The van der Waals surface area contributed by atoms with Gasteiger partial charge in [-0.25, -0.2) is 0 Å². The zero-order chi connectivity index (χ0) is 17.4. The van der Waals surface area contributed by atoms with E-state index in [1.807, 2.05) is 12.1 Å². The van der Waals surface area contributed by atoms with Crippen molar-refractivity contribution in [2.45, 2.75) is 32.7 Å². The van der Waals surface area contributed by atoms with Gasteiger partial charge in [0.1, 0.15) is 11.9 Å². The van der Waals surface area contributed by atoms with Crippen molar-refractivity contribution in [2.24, 2.45) is 10.9 Å². The third kappa shape index (κ3) is 3.14. The van der Waals surface area contributed by atoms with Crippen LogP contribution in [0.3, 0.4) is 0 Å². The molecule has 4 rings (SSSR count). The average Bonchev–Trinajstić information content (AvgIpc) is 3.38. The minimum Gasteiger partial charge on any atom is -0.497 e. The fourth-order valence-corrected chi connectivity index (χ4v) is 3.49. The largest absolute Gasteiger partial charge is 0.497 e. The molecule has 1 fully saturated rings. The number of rotatable bonds is 4. The van der Waals surface area contributed by atoms with Crippen LogP contribution in [-0.4, -0.2) is 31.7 Å². The normalized spacial score (nSPS) is 21.8. The summed E-state index contributed by atoms with van der Waals surface area (Å²) in [7, 11) is 1.69. The van der Waals surface area contributed by atoms with Crippen LogP contribution < -0.4 is 9.64 Å². The zero-order valence-corrected chi connectivity index (χ0v) is 15.0. The van der Waals surface area contributed by atoms with E-state index in [1.165, 1.54) is 22.5 Å². The van der Waals surface area contributed by atoms with Crippen LogP contribution in [0.4, 0.5) is 5.69 Å². The Morgan fingerprint density at radius 2 is 1.92 bits per heavy atom. The van der Waals surface area contributed by atoms with Crippen molar-refractivity contribution in [1.29, 1.82) is 0 Å². The molecule has 0 spiro atoms. The first-order chi connectivity index (χ1) is 12.2. The Balaban J connectivity index is 1.71. The molecule has 2 aromatic carbocycles. The van der Waals surface area contributed by atoms with E-state index in [0.717, 1.165) is 18.8 Å². The van der Waals surface area contributed by atoms with Gasteiger partial charge in [0.25, 0.3) is 0 Å². The van der Waals surface area contributed by atoms with Crippen molar-refractivity contribution in [3.63, 3.8) is 0 Å². The number of fused-ring (bicyclic) bond motifs is 2. The van der Waals surface area contributed by atoms with Gasteiger partial charge in [-0.1, -0.05) is 44.2 Å². The molecular formula is C21H24N2O2. The number of ether oxygens (including phenoxy) is 2. The van der Waals surface area contributed by atoms with Crippen molar-refractivity contribution in [3.8, 4) is 5.75 Å². The first-order valence-corrected chi connectivity index (χ1v) is 8.86. The van der Waals surface area contributed by atoms with Gasteiger partial charge < -0.3 is 14.4 Å². The van der Waals surface area contributed by atoms with Crippen LogP contribution >= 0.6 is 0 Å². The van der Waals surface area contributed by atoms with Crippen LogP contribution in [0.25, 0.3) is 0 Å². The molecule has 0 aliphatic carbocycles. The highest BCUT2D eigenvalue weighted by Gasteiger charge is 2.45. The molecule has 2 heterocycles. The van der Waals surface area contributed by atoms with Gasteiger partial charge in [-0.05, 0) is 29.7 Å². The second-order valence-electron chi connectivity index (χ2n) is 6.94. The Morgan fingerprint density at radius 3 is 2.64 bits per heavy atom. The second-order valence-corrected chi connectivity index (χ2v) is 6.94. The number of nitrogens with zero attached hydrogens (tertiary/aromatic N) is 2. The van der Waals surface area contributed by atoms with Gasteiger partial charge in [0.05, 0.1) is 13.7 Å². The van der Waals surface area contributed by atoms with E-state index in [2.05, 4.69) is 55.1 Å². The molecule has 0 amide bonds. The van der Waals surface area contributed by atoms with Crippen molar-refractivity contribution < 1.29 is 9.47 Å². The quantitative estimate of drug-likeness (QED) is 0.795. The van der Waals surface area contributed by atoms with Gasteiger partial charge >= 0.3 is 0 Å². The Labute approximate surface area is 149 Å². The first kappa shape index (κ1) is 16.2.